The van der Waals surface area contributed by atoms with E-state index in [4.69, 9.17) is 0 Å². The van der Waals surface area contributed by atoms with Crippen LogP contribution in [0.5, 0.6) is 0 Å². The van der Waals surface area contributed by atoms with Crippen LogP contribution in [0.15, 0.2) is 0 Å². The number of nitrogens with zero attached hydrogens (tertiary/aromatic N) is 1. The fourth-order valence-electron chi connectivity index (χ4n) is 1.71. The first-order valence-corrected chi connectivity index (χ1v) is 7.01. The Balaban J connectivity index is 4.06. The first kappa shape index (κ1) is 15.3. The molecule has 1 nitrogen and oxygen atoms in total. The van der Waals surface area contributed by atoms with Gasteiger partial charge in [-0.15, -0.1) is 0 Å². The van der Waals surface area contributed by atoms with Crippen molar-refractivity contribution in [2.24, 2.45) is 17.8 Å². The predicted octanol–water partition coefficient (Wildman–Crippen LogP) is 3.56. The quantitative estimate of drug-likeness (QED) is 0.625. The highest BCUT2D eigenvalue weighted by Crippen LogP contribution is 2.15. The lowest BCUT2D eigenvalue weighted by molar-refractivity contribution is 0.197. The minimum absolute atomic E-state index is 0.734. The molecule has 0 heterocycles. The highest BCUT2D eigenvalue weighted by molar-refractivity contribution is 7.80. The molecule has 0 bridgehead atoms. The Labute approximate surface area is 102 Å². The maximum atomic E-state index is 4.46. The fourth-order valence-corrected chi connectivity index (χ4v) is 2.25. The first-order valence-electron chi connectivity index (χ1n) is 6.38. The van der Waals surface area contributed by atoms with E-state index in [9.17, 15) is 0 Å². The molecule has 0 aromatic heterocycles. The lowest BCUT2D eigenvalue weighted by Crippen LogP contribution is -2.35. The average Bonchev–Trinajstić information content (AvgIpc) is 2.22. The van der Waals surface area contributed by atoms with Gasteiger partial charge in [0.1, 0.15) is 0 Å². The van der Waals surface area contributed by atoms with Gasteiger partial charge in [0, 0.05) is 13.1 Å². The fraction of sp³-hybridized carbons (Fsp3) is 1.00. The lowest BCUT2D eigenvalue weighted by Gasteiger charge is -2.29. The van der Waals surface area contributed by atoms with E-state index in [0.29, 0.717) is 0 Å². The minimum Gasteiger partial charge on any atom is -0.303 e. The summed E-state index contributed by atoms with van der Waals surface area (Å²) in [7, 11) is 0. The van der Waals surface area contributed by atoms with E-state index in [0.717, 1.165) is 23.5 Å². The molecule has 0 spiro atoms. The molecule has 2 heteroatoms. The van der Waals surface area contributed by atoms with E-state index in [1.807, 2.05) is 0 Å². The third kappa shape index (κ3) is 6.47. The highest BCUT2D eigenvalue weighted by Gasteiger charge is 2.16. The summed E-state index contributed by atoms with van der Waals surface area (Å²) >= 11 is 4.46. The molecule has 0 rings (SSSR count). The van der Waals surface area contributed by atoms with Crippen LogP contribution in [-0.4, -0.2) is 30.3 Å². The van der Waals surface area contributed by atoms with Crippen LogP contribution in [-0.2, 0) is 0 Å². The smallest absolute Gasteiger partial charge is 0.00199 e. The molecule has 0 aliphatic rings. The molecule has 0 aromatic carbocycles. The highest BCUT2D eigenvalue weighted by atomic mass is 32.1. The molecule has 0 fully saturated rings. The predicted molar refractivity (Wildman–Crippen MR) is 73.8 cm³/mol. The van der Waals surface area contributed by atoms with Gasteiger partial charge in [0.05, 0.1) is 0 Å². The molecule has 0 N–H and O–H groups in total. The molecule has 0 saturated carbocycles. The average molecular weight is 231 g/mol. The summed E-state index contributed by atoms with van der Waals surface area (Å²) < 4.78 is 0. The molecule has 0 amide bonds. The maximum Gasteiger partial charge on any atom is 0.00199 e. The number of hydrogen-bond acceptors (Lipinski definition) is 2. The summed E-state index contributed by atoms with van der Waals surface area (Å²) in [5, 5.41) is 0. The van der Waals surface area contributed by atoms with Gasteiger partial charge in [-0.05, 0) is 30.1 Å². The second-order valence-electron chi connectivity index (χ2n) is 5.05. The van der Waals surface area contributed by atoms with E-state index >= 15 is 0 Å². The van der Waals surface area contributed by atoms with E-state index in [1.165, 1.54) is 26.1 Å². The van der Waals surface area contributed by atoms with Crippen LogP contribution in [0.2, 0.25) is 0 Å². The summed E-state index contributed by atoms with van der Waals surface area (Å²) in [4.78, 5) is 2.58. The van der Waals surface area contributed by atoms with Crippen LogP contribution < -0.4 is 0 Å². The third-order valence-electron chi connectivity index (χ3n) is 3.38. The van der Waals surface area contributed by atoms with Gasteiger partial charge in [-0.1, -0.05) is 41.0 Å². The standard InChI is InChI=1S/C13H29NS/c1-6-12(5)8-14(7-2)9-13(10-15)11(3)4/h11-13,15H,6-10H2,1-5H3. The lowest BCUT2D eigenvalue weighted by atomic mass is 9.96. The van der Waals surface area contributed by atoms with E-state index in [2.05, 4.69) is 52.1 Å². The second-order valence-corrected chi connectivity index (χ2v) is 5.42. The van der Waals surface area contributed by atoms with Gasteiger partial charge < -0.3 is 4.90 Å². The monoisotopic (exact) mass is 231 g/mol. The van der Waals surface area contributed by atoms with Gasteiger partial charge in [-0.2, -0.15) is 12.6 Å². The van der Waals surface area contributed by atoms with Gasteiger partial charge in [-0.25, -0.2) is 0 Å². The second kappa shape index (κ2) is 8.46. The molecule has 92 valence electrons. The van der Waals surface area contributed by atoms with Crippen LogP contribution in [0.25, 0.3) is 0 Å². The zero-order chi connectivity index (χ0) is 11.8. The van der Waals surface area contributed by atoms with E-state index in [-0.39, 0.29) is 0 Å². The summed E-state index contributed by atoms with van der Waals surface area (Å²) in [6, 6.07) is 0. The number of hydrogen-bond donors (Lipinski definition) is 1. The number of thiol groups is 1. The molecule has 2 atom stereocenters. The first-order chi connectivity index (χ1) is 7.04. The molecular weight excluding hydrogens is 202 g/mol. The van der Waals surface area contributed by atoms with Crippen molar-refractivity contribution in [3.05, 3.63) is 0 Å². The van der Waals surface area contributed by atoms with Crippen LogP contribution in [0.4, 0.5) is 0 Å². The zero-order valence-electron chi connectivity index (χ0n) is 11.2. The zero-order valence-corrected chi connectivity index (χ0v) is 12.1. The van der Waals surface area contributed by atoms with Crippen LogP contribution in [0, 0.1) is 17.8 Å². The van der Waals surface area contributed by atoms with Crippen LogP contribution in [0.1, 0.15) is 41.0 Å². The van der Waals surface area contributed by atoms with Crippen LogP contribution >= 0.6 is 12.6 Å². The Morgan fingerprint density at radius 3 is 2.00 bits per heavy atom. The van der Waals surface area contributed by atoms with Crippen molar-refractivity contribution in [3.8, 4) is 0 Å². The molecule has 0 radical (unpaired) electrons. The Morgan fingerprint density at radius 1 is 1.07 bits per heavy atom. The van der Waals surface area contributed by atoms with Crippen molar-refractivity contribution in [1.82, 2.24) is 4.90 Å². The van der Waals surface area contributed by atoms with Gasteiger partial charge >= 0.3 is 0 Å². The summed E-state index contributed by atoms with van der Waals surface area (Å²) in [6.45, 7) is 15.1. The van der Waals surface area contributed by atoms with Crippen molar-refractivity contribution < 1.29 is 0 Å². The van der Waals surface area contributed by atoms with Crippen molar-refractivity contribution >= 4 is 12.6 Å². The van der Waals surface area contributed by atoms with E-state index in [1.54, 1.807) is 0 Å². The molecule has 0 aliphatic carbocycles. The van der Waals surface area contributed by atoms with Crippen LogP contribution in [0.3, 0.4) is 0 Å². The van der Waals surface area contributed by atoms with E-state index < -0.39 is 0 Å². The Hall–Kier alpha value is 0.310. The Kier molecular flexibility index (Phi) is 8.64. The van der Waals surface area contributed by atoms with Crippen molar-refractivity contribution in [2.75, 3.05) is 25.4 Å². The van der Waals surface area contributed by atoms with Crippen molar-refractivity contribution in [2.45, 2.75) is 41.0 Å². The van der Waals surface area contributed by atoms with Crippen molar-refractivity contribution in [1.29, 1.82) is 0 Å². The summed E-state index contributed by atoms with van der Waals surface area (Å²) in [5.41, 5.74) is 0. The van der Waals surface area contributed by atoms with Crippen molar-refractivity contribution in [3.63, 3.8) is 0 Å². The Bertz CT molecular complexity index is 147. The minimum atomic E-state index is 0.734. The SMILES string of the molecule is CCC(C)CN(CC)CC(CS)C(C)C. The van der Waals surface area contributed by atoms with Gasteiger partial charge in [-0.3, -0.25) is 0 Å². The molecule has 0 aromatic rings. The summed E-state index contributed by atoms with van der Waals surface area (Å²) in [5.74, 6) is 3.30. The molecule has 0 aliphatic heterocycles. The number of rotatable bonds is 8. The molecule has 15 heavy (non-hydrogen) atoms. The topological polar surface area (TPSA) is 3.24 Å². The van der Waals surface area contributed by atoms with Gasteiger partial charge in [0.2, 0.25) is 0 Å². The normalized spacial score (nSPS) is 16.0. The summed E-state index contributed by atoms with van der Waals surface area (Å²) in [6.07, 6.45) is 1.28. The Morgan fingerprint density at radius 2 is 1.67 bits per heavy atom. The molecule has 0 saturated heterocycles. The van der Waals surface area contributed by atoms with Gasteiger partial charge in [0.15, 0.2) is 0 Å². The third-order valence-corrected chi connectivity index (χ3v) is 3.85. The molecule has 2 unspecified atom stereocenters. The largest absolute Gasteiger partial charge is 0.303 e. The van der Waals surface area contributed by atoms with Gasteiger partial charge in [0.25, 0.3) is 0 Å². The molecular formula is C13H29NS. The maximum absolute atomic E-state index is 4.46.